The second-order valence-corrected chi connectivity index (χ2v) is 18.8. The number of aromatic nitrogens is 2. The number of anilines is 4. The van der Waals surface area contributed by atoms with Crippen LogP contribution in [0.4, 0.5) is 22.7 Å². The molecule has 9 aromatic rings. The van der Waals surface area contributed by atoms with E-state index in [1.165, 1.54) is 104 Å². The van der Waals surface area contributed by atoms with Gasteiger partial charge >= 0.3 is 0 Å². The van der Waals surface area contributed by atoms with E-state index in [1.807, 2.05) is 0 Å². The van der Waals surface area contributed by atoms with Crippen LogP contribution < -0.4 is 26.2 Å². The van der Waals surface area contributed by atoms with Crippen LogP contribution in [0.2, 0.25) is 0 Å². The molecule has 4 bridgehead atoms. The predicted molar refractivity (Wildman–Crippen MR) is 262 cm³/mol. The second kappa shape index (κ2) is 14.6. The van der Waals surface area contributed by atoms with Crippen molar-refractivity contribution in [1.82, 2.24) is 9.55 Å². The molecule has 0 radical (unpaired) electrons. The molecule has 4 aliphatic carbocycles. The summed E-state index contributed by atoms with van der Waals surface area (Å²) in [4.78, 5) is 10.1. The van der Waals surface area contributed by atoms with Crippen molar-refractivity contribution in [2.45, 2.75) is 37.5 Å². The minimum absolute atomic E-state index is 0.00763. The van der Waals surface area contributed by atoms with Gasteiger partial charge in [0.25, 0.3) is 0 Å². The molecule has 0 unspecified atom stereocenters. The Morgan fingerprint density at radius 2 is 1.03 bits per heavy atom. The lowest BCUT2D eigenvalue weighted by Crippen LogP contribution is -2.56. The van der Waals surface area contributed by atoms with Crippen molar-refractivity contribution in [1.29, 1.82) is 0 Å². The number of nitrogens with zero attached hydrogens (tertiary/aromatic N) is 4. The van der Waals surface area contributed by atoms with Gasteiger partial charge in [-0.25, -0.2) is 4.98 Å². The van der Waals surface area contributed by atoms with Crippen molar-refractivity contribution in [3.8, 4) is 5.82 Å². The zero-order valence-electron chi connectivity index (χ0n) is 35.5. The van der Waals surface area contributed by atoms with E-state index in [-0.39, 0.29) is 12.1 Å². The Balaban J connectivity index is 0.955. The highest BCUT2D eigenvalue weighted by Crippen LogP contribution is 2.65. The first-order valence-corrected chi connectivity index (χ1v) is 23.1. The molecule has 14 rings (SSSR count). The number of hydrogen-bond donors (Lipinski definition) is 0. The maximum Gasteiger partial charge on any atom is 0.241 e. The molecule has 4 saturated carbocycles. The van der Waals surface area contributed by atoms with Crippen molar-refractivity contribution in [2.24, 2.45) is 23.7 Å². The minimum Gasteiger partial charge on any atom is -0.321 e. The van der Waals surface area contributed by atoms with Crippen LogP contribution >= 0.6 is 0 Å². The molecule has 7 aromatic carbocycles. The van der Waals surface area contributed by atoms with E-state index in [0.717, 1.165) is 24.3 Å². The maximum atomic E-state index is 5.27. The van der Waals surface area contributed by atoms with Crippen LogP contribution in [0.25, 0.3) is 27.6 Å². The number of fused-ring (bicyclic) bond motifs is 4. The van der Waals surface area contributed by atoms with Crippen LogP contribution in [0, 0.1) is 23.7 Å². The minimum atomic E-state index is 0.00763. The number of benzene rings is 7. The summed E-state index contributed by atoms with van der Waals surface area (Å²) in [6.45, 7) is 0.758. The van der Waals surface area contributed by atoms with Gasteiger partial charge in [-0.15, -0.1) is 0 Å². The lowest BCUT2D eigenvalue weighted by atomic mass is 9.37. The van der Waals surface area contributed by atoms with Crippen molar-refractivity contribution in [2.75, 3.05) is 16.5 Å². The molecule has 3 heterocycles. The van der Waals surface area contributed by atoms with Gasteiger partial charge < -0.3 is 9.80 Å². The highest BCUT2D eigenvalue weighted by molar-refractivity contribution is 6.95. The average Bonchev–Trinajstić information content (AvgIpc) is 3.89. The fraction of sp³-hybridized carbons (Fsp3) is 0.190. The first-order chi connectivity index (χ1) is 31.2. The van der Waals surface area contributed by atoms with Crippen molar-refractivity contribution < 1.29 is 0 Å². The summed E-state index contributed by atoms with van der Waals surface area (Å²) in [5.41, 5.74) is 14.0. The van der Waals surface area contributed by atoms with Crippen LogP contribution in [-0.4, -0.2) is 22.9 Å². The molecule has 2 aromatic heterocycles. The summed E-state index contributed by atoms with van der Waals surface area (Å²) < 4.78 is 2.46. The van der Waals surface area contributed by atoms with Gasteiger partial charge in [-0.3, -0.25) is 4.57 Å². The summed E-state index contributed by atoms with van der Waals surface area (Å²) in [6, 6.07) is 72.4. The SMILES string of the molecule is c1ccc(B(c2cccc(N3CN(c4ccccc4)c4ccccc43)c2)c2ccc3c4ccccc4n(-c4cc(C5(c6ccccc6)C6CC7CC(C6)CC5C7)ccn4)c3c2)cc1. The Kier molecular flexibility index (Phi) is 8.54. The van der Waals surface area contributed by atoms with Gasteiger partial charge in [0, 0.05) is 33.8 Å². The van der Waals surface area contributed by atoms with Gasteiger partial charge in [-0.2, -0.15) is 0 Å². The van der Waals surface area contributed by atoms with Crippen LogP contribution in [0.3, 0.4) is 0 Å². The molecular weight excluding hydrogens is 763 g/mol. The Morgan fingerprint density at radius 3 is 1.78 bits per heavy atom. The topological polar surface area (TPSA) is 24.3 Å². The third kappa shape index (κ3) is 5.78. The average molecular weight is 813 g/mol. The molecule has 0 saturated heterocycles. The van der Waals surface area contributed by atoms with E-state index >= 15 is 0 Å². The highest BCUT2D eigenvalue weighted by atomic mass is 15.4. The predicted octanol–water partition coefficient (Wildman–Crippen LogP) is 11.7. The third-order valence-electron chi connectivity index (χ3n) is 15.6. The zero-order chi connectivity index (χ0) is 41.5. The van der Waals surface area contributed by atoms with E-state index in [0.29, 0.717) is 11.8 Å². The van der Waals surface area contributed by atoms with Gasteiger partial charge in [0.05, 0.1) is 22.4 Å². The van der Waals surface area contributed by atoms with Crippen molar-refractivity contribution in [3.05, 3.63) is 211 Å². The number of rotatable bonds is 8. The highest BCUT2D eigenvalue weighted by Gasteiger charge is 2.58. The molecule has 5 aliphatic rings. The molecule has 0 spiro atoms. The first kappa shape index (κ1) is 36.8. The quantitative estimate of drug-likeness (QED) is 0.143. The molecule has 0 amide bonds. The van der Waals surface area contributed by atoms with E-state index in [4.69, 9.17) is 4.98 Å². The van der Waals surface area contributed by atoms with E-state index in [1.54, 1.807) is 0 Å². The maximum absolute atomic E-state index is 5.27. The Morgan fingerprint density at radius 1 is 0.444 bits per heavy atom. The third-order valence-corrected chi connectivity index (χ3v) is 15.6. The molecule has 4 nitrogen and oxygen atoms in total. The number of para-hydroxylation sites is 4. The van der Waals surface area contributed by atoms with Gasteiger partial charge in [0.15, 0.2) is 0 Å². The van der Waals surface area contributed by atoms with Gasteiger partial charge in [-0.1, -0.05) is 150 Å². The van der Waals surface area contributed by atoms with Crippen LogP contribution in [0.1, 0.15) is 43.2 Å². The van der Waals surface area contributed by atoms with Crippen molar-refractivity contribution in [3.63, 3.8) is 0 Å². The van der Waals surface area contributed by atoms with Crippen molar-refractivity contribution >= 4 is 67.7 Å². The smallest absolute Gasteiger partial charge is 0.241 e. The number of hydrogen-bond acceptors (Lipinski definition) is 3. The molecule has 1 aliphatic heterocycles. The molecule has 0 atom stereocenters. The summed E-state index contributed by atoms with van der Waals surface area (Å²) in [7, 11) is 0. The molecular formula is C58H49BN4. The molecule has 0 N–H and O–H groups in total. The largest absolute Gasteiger partial charge is 0.321 e. The van der Waals surface area contributed by atoms with Gasteiger partial charge in [0.1, 0.15) is 12.5 Å². The first-order valence-electron chi connectivity index (χ1n) is 23.1. The fourth-order valence-electron chi connectivity index (χ4n) is 13.3. The molecule has 63 heavy (non-hydrogen) atoms. The summed E-state index contributed by atoms with van der Waals surface area (Å²) >= 11 is 0. The van der Waals surface area contributed by atoms with Gasteiger partial charge in [-0.05, 0) is 128 Å². The van der Waals surface area contributed by atoms with Gasteiger partial charge in [0.2, 0.25) is 6.71 Å². The Hall–Kier alpha value is -6.85. The fourth-order valence-corrected chi connectivity index (χ4v) is 13.3. The molecule has 304 valence electrons. The Labute approximate surface area is 370 Å². The molecule has 5 heteroatoms. The number of pyridine rings is 1. The van der Waals surface area contributed by atoms with E-state index < -0.39 is 0 Å². The zero-order valence-corrected chi connectivity index (χ0v) is 35.5. The van der Waals surface area contributed by atoms with Crippen LogP contribution in [-0.2, 0) is 5.41 Å². The lowest BCUT2D eigenvalue weighted by molar-refractivity contribution is -0.0418. The second-order valence-electron chi connectivity index (χ2n) is 18.8. The van der Waals surface area contributed by atoms with Crippen LogP contribution in [0.5, 0.6) is 0 Å². The normalized spacial score (nSPS) is 22.2. The summed E-state index contributed by atoms with van der Waals surface area (Å²) in [5.74, 6) is 4.10. The van der Waals surface area contributed by atoms with E-state index in [9.17, 15) is 0 Å². The Bertz CT molecular complexity index is 3110. The summed E-state index contributed by atoms with van der Waals surface area (Å²) in [5, 5.41) is 2.51. The molecule has 4 fully saturated rings. The standard InChI is InChI=1S/C58H49BN4/c1-4-15-42(16-5-1)58(44-32-40-31-41(34-44)35-45(58)33-40)43-29-30-60-57(36-43)63-53-24-11-10-23-51(53)52-28-27-48(38-56(52)63)59(46-17-6-2-7-18-46)47-19-14-22-50(37-47)62-39-61(49-20-8-3-9-21-49)54-25-12-13-26-55(54)62/h1-30,36-38,40-41,44-45H,31-35,39H2. The monoisotopic (exact) mass is 812 g/mol. The van der Waals surface area contributed by atoms with Crippen LogP contribution in [0.15, 0.2) is 200 Å². The van der Waals surface area contributed by atoms with E-state index in [2.05, 4.69) is 215 Å². The lowest BCUT2D eigenvalue weighted by Gasteiger charge is -2.62. The summed E-state index contributed by atoms with van der Waals surface area (Å²) in [6.07, 6.45) is 8.92.